The van der Waals surface area contributed by atoms with E-state index in [9.17, 15) is 9.59 Å². The Balaban J connectivity index is 2.74. The largest absolute Gasteiger partial charge is 0.444 e. The van der Waals surface area contributed by atoms with Gasteiger partial charge in [0.05, 0.1) is 5.92 Å². The highest BCUT2D eigenvalue weighted by atomic mass is 35.5. The van der Waals surface area contributed by atoms with Crippen LogP contribution in [0.4, 0.5) is 4.79 Å². The Morgan fingerprint density at radius 3 is 2.29 bits per heavy atom. The first-order valence-electron chi connectivity index (χ1n) is 6.67. The summed E-state index contributed by atoms with van der Waals surface area (Å²) in [7, 11) is 1.55. The normalized spacial score (nSPS) is 12.4. The molecule has 2 N–H and O–H groups in total. The van der Waals surface area contributed by atoms with Gasteiger partial charge in [-0.2, -0.15) is 0 Å². The minimum absolute atomic E-state index is 0.149. The van der Waals surface area contributed by atoms with Crippen molar-refractivity contribution < 1.29 is 14.3 Å². The lowest BCUT2D eigenvalue weighted by molar-refractivity contribution is -0.121. The molecule has 21 heavy (non-hydrogen) atoms. The van der Waals surface area contributed by atoms with Crippen molar-refractivity contribution in [3.05, 3.63) is 34.9 Å². The summed E-state index contributed by atoms with van der Waals surface area (Å²) in [4.78, 5) is 23.6. The van der Waals surface area contributed by atoms with Crippen molar-refractivity contribution in [1.82, 2.24) is 10.6 Å². The zero-order chi connectivity index (χ0) is 16.0. The summed E-state index contributed by atoms with van der Waals surface area (Å²) < 4.78 is 5.15. The van der Waals surface area contributed by atoms with E-state index >= 15 is 0 Å². The van der Waals surface area contributed by atoms with Crippen molar-refractivity contribution in [2.45, 2.75) is 32.3 Å². The Kier molecular flexibility index (Phi) is 6.03. The molecule has 1 aromatic carbocycles. The predicted octanol–water partition coefficient (Wildman–Crippen LogP) is 2.69. The van der Waals surface area contributed by atoms with E-state index in [1.165, 1.54) is 0 Å². The number of likely N-dealkylation sites (N-methyl/N-ethyl adjacent to an activating group) is 1. The summed E-state index contributed by atoms with van der Waals surface area (Å²) in [6, 6.07) is 6.94. The number of carbonyl (C=O) groups is 2. The van der Waals surface area contributed by atoms with Crippen molar-refractivity contribution in [2.75, 3.05) is 13.6 Å². The van der Waals surface area contributed by atoms with Crippen LogP contribution in [0.5, 0.6) is 0 Å². The van der Waals surface area contributed by atoms with Gasteiger partial charge in [-0.1, -0.05) is 23.7 Å². The quantitative estimate of drug-likeness (QED) is 0.898. The van der Waals surface area contributed by atoms with Gasteiger partial charge in [-0.05, 0) is 38.5 Å². The molecule has 0 heterocycles. The summed E-state index contributed by atoms with van der Waals surface area (Å²) in [5.74, 6) is -0.687. The van der Waals surface area contributed by atoms with E-state index in [0.29, 0.717) is 5.02 Å². The van der Waals surface area contributed by atoms with Gasteiger partial charge in [-0.3, -0.25) is 4.79 Å². The number of amides is 2. The maximum absolute atomic E-state index is 12.0. The second-order valence-corrected chi connectivity index (χ2v) is 6.04. The molecule has 1 rings (SSSR count). The van der Waals surface area contributed by atoms with Crippen molar-refractivity contribution in [2.24, 2.45) is 0 Å². The van der Waals surface area contributed by atoms with E-state index < -0.39 is 17.6 Å². The molecule has 0 fully saturated rings. The lowest BCUT2D eigenvalue weighted by Gasteiger charge is -2.21. The van der Waals surface area contributed by atoms with Crippen molar-refractivity contribution in [3.63, 3.8) is 0 Å². The standard InChI is InChI=1S/C15H21ClN2O3/c1-15(2,3)21-14(20)18-9-12(13(19)17-4)10-5-7-11(16)8-6-10/h5-8,12H,9H2,1-4H3,(H,17,19)(H,18,20)/t12-/m1/s1. The molecule has 0 aliphatic heterocycles. The van der Waals surface area contributed by atoms with Gasteiger partial charge in [0.1, 0.15) is 5.60 Å². The number of halogens is 1. The van der Waals surface area contributed by atoms with Crippen LogP contribution in [0.25, 0.3) is 0 Å². The Morgan fingerprint density at radius 1 is 1.24 bits per heavy atom. The topological polar surface area (TPSA) is 67.4 Å². The van der Waals surface area contributed by atoms with Crippen LogP contribution in [0.15, 0.2) is 24.3 Å². The molecular formula is C15H21ClN2O3. The van der Waals surface area contributed by atoms with E-state index in [1.807, 2.05) is 0 Å². The molecule has 0 saturated heterocycles. The molecule has 0 saturated carbocycles. The van der Waals surface area contributed by atoms with Gasteiger partial charge in [0.2, 0.25) is 5.91 Å². The molecular weight excluding hydrogens is 292 g/mol. The molecule has 116 valence electrons. The van der Waals surface area contributed by atoms with Gasteiger partial charge in [0.25, 0.3) is 0 Å². The number of hydrogen-bond acceptors (Lipinski definition) is 3. The van der Waals surface area contributed by atoms with E-state index in [0.717, 1.165) is 5.56 Å². The van der Waals surface area contributed by atoms with E-state index in [-0.39, 0.29) is 12.5 Å². The van der Waals surface area contributed by atoms with Crippen LogP contribution >= 0.6 is 11.6 Å². The molecule has 5 nitrogen and oxygen atoms in total. The maximum Gasteiger partial charge on any atom is 0.407 e. The monoisotopic (exact) mass is 312 g/mol. The number of alkyl carbamates (subject to hydrolysis) is 1. The average molecular weight is 313 g/mol. The van der Waals surface area contributed by atoms with Crippen LogP contribution in [0.2, 0.25) is 5.02 Å². The number of carbonyl (C=O) groups excluding carboxylic acids is 2. The minimum atomic E-state index is -0.577. The summed E-state index contributed by atoms with van der Waals surface area (Å²) >= 11 is 5.84. The molecule has 2 amide bonds. The number of nitrogens with one attached hydrogen (secondary N) is 2. The van der Waals surface area contributed by atoms with Gasteiger partial charge < -0.3 is 15.4 Å². The van der Waals surface area contributed by atoms with Crippen LogP contribution in [-0.4, -0.2) is 31.2 Å². The van der Waals surface area contributed by atoms with Crippen molar-refractivity contribution >= 4 is 23.6 Å². The fourth-order valence-corrected chi connectivity index (χ4v) is 1.86. The Hall–Kier alpha value is -1.75. The van der Waals surface area contributed by atoms with Gasteiger partial charge in [-0.25, -0.2) is 4.79 Å². The van der Waals surface area contributed by atoms with Crippen LogP contribution in [-0.2, 0) is 9.53 Å². The SMILES string of the molecule is CNC(=O)[C@H](CNC(=O)OC(C)(C)C)c1ccc(Cl)cc1. The van der Waals surface area contributed by atoms with Crippen molar-refractivity contribution in [1.29, 1.82) is 0 Å². The van der Waals surface area contributed by atoms with Gasteiger partial charge in [-0.15, -0.1) is 0 Å². The van der Waals surface area contributed by atoms with Gasteiger partial charge >= 0.3 is 6.09 Å². The molecule has 0 radical (unpaired) electrons. The Bertz CT molecular complexity index is 495. The first-order chi connectivity index (χ1) is 9.73. The molecule has 0 aromatic heterocycles. The van der Waals surface area contributed by atoms with Gasteiger partial charge in [0, 0.05) is 18.6 Å². The third-order valence-electron chi connectivity index (χ3n) is 2.68. The fraction of sp³-hybridized carbons (Fsp3) is 0.467. The number of ether oxygens (including phenoxy) is 1. The second kappa shape index (κ2) is 7.31. The number of benzene rings is 1. The Labute approximate surface area is 130 Å². The van der Waals surface area contributed by atoms with Crippen LogP contribution < -0.4 is 10.6 Å². The Morgan fingerprint density at radius 2 is 1.81 bits per heavy atom. The predicted molar refractivity (Wildman–Crippen MR) is 82.5 cm³/mol. The lowest BCUT2D eigenvalue weighted by atomic mass is 9.98. The first kappa shape index (κ1) is 17.3. The van der Waals surface area contributed by atoms with Gasteiger partial charge in [0.15, 0.2) is 0 Å². The highest BCUT2D eigenvalue weighted by Crippen LogP contribution is 2.18. The third-order valence-corrected chi connectivity index (χ3v) is 2.94. The highest BCUT2D eigenvalue weighted by molar-refractivity contribution is 6.30. The zero-order valence-electron chi connectivity index (χ0n) is 12.7. The van der Waals surface area contributed by atoms with Crippen LogP contribution in [0, 0.1) is 0 Å². The zero-order valence-corrected chi connectivity index (χ0v) is 13.5. The summed E-state index contributed by atoms with van der Waals surface area (Å²) in [6.07, 6.45) is -0.551. The second-order valence-electron chi connectivity index (χ2n) is 5.60. The maximum atomic E-state index is 12.0. The average Bonchev–Trinajstić information content (AvgIpc) is 2.38. The molecule has 0 bridgehead atoms. The first-order valence-corrected chi connectivity index (χ1v) is 7.04. The fourth-order valence-electron chi connectivity index (χ4n) is 1.73. The number of hydrogen-bond donors (Lipinski definition) is 2. The molecule has 0 spiro atoms. The van der Waals surface area contributed by atoms with E-state index in [4.69, 9.17) is 16.3 Å². The molecule has 0 aliphatic carbocycles. The molecule has 6 heteroatoms. The third kappa shape index (κ3) is 6.04. The van der Waals surface area contributed by atoms with Crippen LogP contribution in [0.3, 0.4) is 0 Å². The van der Waals surface area contributed by atoms with Crippen molar-refractivity contribution in [3.8, 4) is 0 Å². The molecule has 0 aliphatic rings. The highest BCUT2D eigenvalue weighted by Gasteiger charge is 2.22. The van der Waals surface area contributed by atoms with E-state index in [1.54, 1.807) is 52.1 Å². The lowest BCUT2D eigenvalue weighted by Crippen LogP contribution is -2.38. The molecule has 1 aromatic rings. The smallest absolute Gasteiger partial charge is 0.407 e. The molecule has 0 unspecified atom stereocenters. The molecule has 1 atom stereocenters. The van der Waals surface area contributed by atoms with E-state index in [2.05, 4.69) is 10.6 Å². The minimum Gasteiger partial charge on any atom is -0.444 e. The number of rotatable bonds is 4. The summed E-state index contributed by atoms with van der Waals surface area (Å²) in [6.45, 7) is 5.49. The van der Waals surface area contributed by atoms with Crippen LogP contribution in [0.1, 0.15) is 32.3 Å². The summed E-state index contributed by atoms with van der Waals surface area (Å²) in [5.41, 5.74) is 0.196. The summed E-state index contributed by atoms with van der Waals surface area (Å²) in [5, 5.41) is 5.79.